The Morgan fingerprint density at radius 1 is 1.47 bits per heavy atom. The van der Waals surface area contributed by atoms with Crippen molar-refractivity contribution in [2.75, 3.05) is 7.11 Å². The van der Waals surface area contributed by atoms with Gasteiger partial charge >= 0.3 is 0 Å². The summed E-state index contributed by atoms with van der Waals surface area (Å²) >= 11 is 0. The van der Waals surface area contributed by atoms with Gasteiger partial charge in [0.25, 0.3) is 0 Å². The fraction of sp³-hybridized carbons (Fsp3) is 0.462. The van der Waals surface area contributed by atoms with Crippen molar-refractivity contribution in [1.82, 2.24) is 0 Å². The van der Waals surface area contributed by atoms with Crippen LogP contribution in [0.4, 0.5) is 0 Å². The molecule has 15 heavy (non-hydrogen) atoms. The summed E-state index contributed by atoms with van der Waals surface area (Å²) in [6.45, 7) is 2.12. The zero-order valence-electron chi connectivity index (χ0n) is 9.25. The number of benzene rings is 1. The Balaban J connectivity index is 2.29. The van der Waals surface area contributed by atoms with Crippen molar-refractivity contribution < 1.29 is 9.53 Å². The minimum absolute atomic E-state index is 0.206. The summed E-state index contributed by atoms with van der Waals surface area (Å²) < 4.78 is 5.13. The molecule has 0 spiro atoms. The summed E-state index contributed by atoms with van der Waals surface area (Å²) in [5.74, 6) is 1.28. The molecule has 2 nitrogen and oxygen atoms in total. The van der Waals surface area contributed by atoms with Crippen molar-refractivity contribution in [2.24, 2.45) is 5.92 Å². The van der Waals surface area contributed by atoms with Crippen molar-refractivity contribution in [1.29, 1.82) is 0 Å². The van der Waals surface area contributed by atoms with Gasteiger partial charge in [0.2, 0.25) is 0 Å². The van der Waals surface area contributed by atoms with Crippen LogP contribution >= 0.6 is 0 Å². The molecule has 0 saturated heterocycles. The summed E-state index contributed by atoms with van der Waals surface area (Å²) in [6, 6.07) is 5.81. The van der Waals surface area contributed by atoms with Gasteiger partial charge in [-0.1, -0.05) is 19.4 Å². The Morgan fingerprint density at radius 2 is 2.27 bits per heavy atom. The Kier molecular flexibility index (Phi) is 2.76. The summed E-state index contributed by atoms with van der Waals surface area (Å²) in [6.07, 6.45) is 2.98. The first-order chi connectivity index (χ1) is 7.26. The van der Waals surface area contributed by atoms with E-state index < -0.39 is 0 Å². The summed E-state index contributed by atoms with van der Waals surface area (Å²) in [5, 5.41) is 0. The average molecular weight is 204 g/mol. The van der Waals surface area contributed by atoms with Crippen LogP contribution in [-0.4, -0.2) is 12.9 Å². The molecule has 1 aromatic carbocycles. The molecule has 2 heteroatoms. The first kappa shape index (κ1) is 10.2. The van der Waals surface area contributed by atoms with Gasteiger partial charge in [-0.25, -0.2) is 0 Å². The number of methoxy groups -OCH3 is 1. The zero-order valence-corrected chi connectivity index (χ0v) is 9.25. The molecular formula is C13H16O2. The number of hydrogen-bond acceptors (Lipinski definition) is 2. The maximum Gasteiger partial charge on any atom is 0.166 e. The fourth-order valence-corrected chi connectivity index (χ4v) is 2.25. The maximum atomic E-state index is 12.0. The monoisotopic (exact) mass is 204 g/mol. The SMILES string of the molecule is CCC[C@H]1Cc2ccc(OC)cc2C1=O. The van der Waals surface area contributed by atoms with Crippen LogP contribution in [0.2, 0.25) is 0 Å². The molecule has 0 aliphatic heterocycles. The Morgan fingerprint density at radius 3 is 2.93 bits per heavy atom. The molecule has 0 bridgehead atoms. The zero-order chi connectivity index (χ0) is 10.8. The molecule has 0 fully saturated rings. The predicted molar refractivity (Wildman–Crippen MR) is 59.4 cm³/mol. The van der Waals surface area contributed by atoms with Crippen LogP contribution in [-0.2, 0) is 6.42 Å². The molecule has 1 aromatic rings. The number of carbonyl (C=O) groups excluding carboxylic acids is 1. The molecule has 0 amide bonds. The van der Waals surface area contributed by atoms with Gasteiger partial charge < -0.3 is 4.74 Å². The molecule has 2 rings (SSSR count). The van der Waals surface area contributed by atoms with Gasteiger partial charge in [-0.15, -0.1) is 0 Å². The Labute approximate surface area is 90.3 Å². The molecule has 1 atom stereocenters. The number of rotatable bonds is 3. The second-order valence-corrected chi connectivity index (χ2v) is 4.08. The highest BCUT2D eigenvalue weighted by Gasteiger charge is 2.29. The molecular weight excluding hydrogens is 188 g/mol. The van der Waals surface area contributed by atoms with E-state index in [1.54, 1.807) is 7.11 Å². The third kappa shape index (κ3) is 1.76. The van der Waals surface area contributed by atoms with E-state index >= 15 is 0 Å². The maximum absolute atomic E-state index is 12.0. The number of Topliss-reactive ketones (excluding diaryl/α,β-unsaturated/α-hetero) is 1. The Hall–Kier alpha value is -1.31. The van der Waals surface area contributed by atoms with Gasteiger partial charge in [0.15, 0.2) is 5.78 Å². The van der Waals surface area contributed by atoms with E-state index in [9.17, 15) is 4.79 Å². The minimum Gasteiger partial charge on any atom is -0.497 e. The van der Waals surface area contributed by atoms with Crippen LogP contribution in [0.5, 0.6) is 5.75 Å². The third-order valence-corrected chi connectivity index (χ3v) is 3.06. The lowest BCUT2D eigenvalue weighted by Gasteiger charge is -2.03. The highest BCUT2D eigenvalue weighted by Crippen LogP contribution is 2.31. The van der Waals surface area contributed by atoms with Crippen LogP contribution in [0.1, 0.15) is 35.7 Å². The second kappa shape index (κ2) is 4.05. The standard InChI is InChI=1S/C13H16O2/c1-3-4-10-7-9-5-6-11(15-2)8-12(9)13(10)14/h5-6,8,10H,3-4,7H2,1-2H3/t10-/m0/s1. The number of ether oxygens (including phenoxy) is 1. The van der Waals surface area contributed by atoms with Crippen molar-refractivity contribution in [3.05, 3.63) is 29.3 Å². The van der Waals surface area contributed by atoms with Crippen LogP contribution in [0.15, 0.2) is 18.2 Å². The van der Waals surface area contributed by atoms with Crippen molar-refractivity contribution in [3.8, 4) is 5.75 Å². The van der Waals surface area contributed by atoms with E-state index in [2.05, 4.69) is 6.92 Å². The van der Waals surface area contributed by atoms with E-state index in [4.69, 9.17) is 4.74 Å². The largest absolute Gasteiger partial charge is 0.497 e. The quantitative estimate of drug-likeness (QED) is 0.756. The molecule has 0 N–H and O–H groups in total. The molecule has 0 heterocycles. The van der Waals surface area contributed by atoms with Crippen molar-refractivity contribution >= 4 is 5.78 Å². The number of carbonyl (C=O) groups is 1. The normalized spacial score (nSPS) is 19.1. The highest BCUT2D eigenvalue weighted by atomic mass is 16.5. The lowest BCUT2D eigenvalue weighted by molar-refractivity contribution is 0.0930. The number of ketones is 1. The summed E-state index contributed by atoms with van der Waals surface area (Å²) in [7, 11) is 1.63. The number of fused-ring (bicyclic) bond motifs is 1. The topological polar surface area (TPSA) is 26.3 Å². The van der Waals surface area contributed by atoms with Gasteiger partial charge in [-0.2, -0.15) is 0 Å². The molecule has 0 radical (unpaired) electrons. The highest BCUT2D eigenvalue weighted by molar-refractivity contribution is 6.02. The molecule has 1 aliphatic carbocycles. The van der Waals surface area contributed by atoms with Crippen LogP contribution < -0.4 is 4.74 Å². The molecule has 80 valence electrons. The van der Waals surface area contributed by atoms with E-state index in [1.807, 2.05) is 18.2 Å². The van der Waals surface area contributed by atoms with E-state index in [0.717, 1.165) is 30.6 Å². The lowest BCUT2D eigenvalue weighted by atomic mass is 10.00. The summed E-state index contributed by atoms with van der Waals surface area (Å²) in [5.41, 5.74) is 2.05. The van der Waals surface area contributed by atoms with Gasteiger partial charge in [-0.3, -0.25) is 4.79 Å². The van der Waals surface area contributed by atoms with Gasteiger partial charge in [0, 0.05) is 11.5 Å². The van der Waals surface area contributed by atoms with Crippen LogP contribution in [0.25, 0.3) is 0 Å². The van der Waals surface area contributed by atoms with E-state index in [-0.39, 0.29) is 5.92 Å². The third-order valence-electron chi connectivity index (χ3n) is 3.06. The number of hydrogen-bond donors (Lipinski definition) is 0. The molecule has 0 unspecified atom stereocenters. The van der Waals surface area contributed by atoms with Gasteiger partial charge in [0.05, 0.1) is 7.11 Å². The summed E-state index contributed by atoms with van der Waals surface area (Å²) in [4.78, 5) is 12.0. The Bertz CT molecular complexity index is 382. The molecule has 1 aliphatic rings. The predicted octanol–water partition coefficient (Wildman–Crippen LogP) is 2.85. The first-order valence-electron chi connectivity index (χ1n) is 5.47. The average Bonchev–Trinajstić information content (AvgIpc) is 2.56. The molecule has 0 aromatic heterocycles. The minimum atomic E-state index is 0.206. The van der Waals surface area contributed by atoms with Gasteiger partial charge in [0.1, 0.15) is 5.75 Å². The van der Waals surface area contributed by atoms with Crippen LogP contribution in [0, 0.1) is 5.92 Å². The van der Waals surface area contributed by atoms with Crippen molar-refractivity contribution in [3.63, 3.8) is 0 Å². The first-order valence-corrected chi connectivity index (χ1v) is 5.47. The van der Waals surface area contributed by atoms with E-state index in [1.165, 1.54) is 5.56 Å². The van der Waals surface area contributed by atoms with E-state index in [0.29, 0.717) is 5.78 Å². The van der Waals surface area contributed by atoms with Gasteiger partial charge in [-0.05, 0) is 30.5 Å². The molecule has 0 saturated carbocycles. The van der Waals surface area contributed by atoms with Crippen molar-refractivity contribution in [2.45, 2.75) is 26.2 Å². The smallest absolute Gasteiger partial charge is 0.166 e. The van der Waals surface area contributed by atoms with Crippen LogP contribution in [0.3, 0.4) is 0 Å². The second-order valence-electron chi connectivity index (χ2n) is 4.08. The fourth-order valence-electron chi connectivity index (χ4n) is 2.25. The lowest BCUT2D eigenvalue weighted by Crippen LogP contribution is -2.08.